The fourth-order valence-electron chi connectivity index (χ4n) is 2.30. The lowest BCUT2D eigenvalue weighted by Crippen LogP contribution is -2.51. The Bertz CT molecular complexity index is 513. The average Bonchev–Trinajstić information content (AvgIpc) is 2.42. The molecule has 122 valence electrons. The molecule has 6 heteroatoms. The van der Waals surface area contributed by atoms with Crippen molar-refractivity contribution in [2.24, 2.45) is 5.92 Å². The highest BCUT2D eigenvalue weighted by atomic mass is 35.5. The summed E-state index contributed by atoms with van der Waals surface area (Å²) in [5.41, 5.74) is 1.72. The first kappa shape index (κ1) is 18.5. The van der Waals surface area contributed by atoms with Crippen molar-refractivity contribution in [3.8, 4) is 0 Å². The maximum atomic E-state index is 12.3. The van der Waals surface area contributed by atoms with Gasteiger partial charge in [0.05, 0.1) is 5.92 Å². The van der Waals surface area contributed by atoms with E-state index >= 15 is 0 Å². The standard InChI is InChI=1S/C16H23N3O2.ClH/c1-4-19(16(21)14-9-17-10-14)11-12-5-7-13(8-6-12)15(20)18(2)3;/h5-8,14,17H,4,9-11H2,1-3H3;1H. The molecule has 2 rings (SSSR count). The first-order chi connectivity index (χ1) is 10.0. The van der Waals surface area contributed by atoms with Crippen LogP contribution in [0.2, 0.25) is 0 Å². The van der Waals surface area contributed by atoms with Crippen LogP contribution >= 0.6 is 12.4 Å². The average molecular weight is 326 g/mol. The van der Waals surface area contributed by atoms with Crippen LogP contribution in [0.5, 0.6) is 0 Å². The molecule has 1 N–H and O–H groups in total. The molecule has 1 aromatic carbocycles. The van der Waals surface area contributed by atoms with E-state index in [4.69, 9.17) is 0 Å². The van der Waals surface area contributed by atoms with Crippen molar-refractivity contribution in [1.29, 1.82) is 0 Å². The Hall–Kier alpha value is -1.59. The second-order valence-electron chi connectivity index (χ2n) is 5.60. The monoisotopic (exact) mass is 325 g/mol. The zero-order valence-corrected chi connectivity index (χ0v) is 14.2. The van der Waals surface area contributed by atoms with Crippen LogP contribution in [0.4, 0.5) is 0 Å². The first-order valence-electron chi connectivity index (χ1n) is 7.33. The number of nitrogens with one attached hydrogen (secondary N) is 1. The highest BCUT2D eigenvalue weighted by molar-refractivity contribution is 5.93. The molecule has 0 spiro atoms. The molecule has 0 aromatic heterocycles. The number of carbonyl (C=O) groups is 2. The van der Waals surface area contributed by atoms with E-state index in [1.807, 2.05) is 36.1 Å². The van der Waals surface area contributed by atoms with Crippen molar-refractivity contribution in [3.05, 3.63) is 35.4 Å². The van der Waals surface area contributed by atoms with Gasteiger partial charge in [0.15, 0.2) is 0 Å². The van der Waals surface area contributed by atoms with Crippen LogP contribution in [-0.2, 0) is 11.3 Å². The minimum absolute atomic E-state index is 0. The smallest absolute Gasteiger partial charge is 0.253 e. The number of hydrogen-bond acceptors (Lipinski definition) is 3. The van der Waals surface area contributed by atoms with E-state index in [9.17, 15) is 9.59 Å². The molecule has 1 aromatic rings. The van der Waals surface area contributed by atoms with Gasteiger partial charge in [0.1, 0.15) is 0 Å². The van der Waals surface area contributed by atoms with Gasteiger partial charge in [0, 0.05) is 45.8 Å². The molecule has 1 fully saturated rings. The summed E-state index contributed by atoms with van der Waals surface area (Å²) >= 11 is 0. The molecule has 2 amide bonds. The molecule has 1 heterocycles. The molecule has 0 radical (unpaired) electrons. The van der Waals surface area contributed by atoms with E-state index < -0.39 is 0 Å². The molecule has 1 saturated heterocycles. The normalized spacial score (nSPS) is 13.8. The molecular formula is C16H24ClN3O2. The molecule has 1 aliphatic rings. The van der Waals surface area contributed by atoms with Crippen molar-refractivity contribution < 1.29 is 9.59 Å². The second kappa shape index (κ2) is 8.15. The molecule has 5 nitrogen and oxygen atoms in total. The summed E-state index contributed by atoms with van der Waals surface area (Å²) in [5.74, 6) is 0.328. The number of carbonyl (C=O) groups excluding carboxylic acids is 2. The predicted molar refractivity (Wildman–Crippen MR) is 89.2 cm³/mol. The van der Waals surface area contributed by atoms with Crippen molar-refractivity contribution in [3.63, 3.8) is 0 Å². The molecular weight excluding hydrogens is 302 g/mol. The number of rotatable bonds is 5. The Morgan fingerprint density at radius 3 is 2.18 bits per heavy atom. The number of benzene rings is 1. The largest absolute Gasteiger partial charge is 0.345 e. The summed E-state index contributed by atoms with van der Waals surface area (Å²) in [6, 6.07) is 7.49. The van der Waals surface area contributed by atoms with Gasteiger partial charge in [-0.15, -0.1) is 12.4 Å². The lowest BCUT2D eigenvalue weighted by molar-refractivity contribution is -0.137. The quantitative estimate of drug-likeness (QED) is 0.890. The number of hydrogen-bond donors (Lipinski definition) is 1. The zero-order valence-electron chi connectivity index (χ0n) is 13.3. The van der Waals surface area contributed by atoms with Gasteiger partial charge < -0.3 is 15.1 Å². The molecule has 22 heavy (non-hydrogen) atoms. The Kier molecular flexibility index (Phi) is 6.84. The van der Waals surface area contributed by atoms with Crippen LogP contribution in [-0.4, -0.2) is 55.3 Å². The summed E-state index contributed by atoms with van der Waals surface area (Å²) in [7, 11) is 3.47. The third-order valence-electron chi connectivity index (χ3n) is 3.80. The number of amides is 2. The van der Waals surface area contributed by atoms with Crippen molar-refractivity contribution in [2.75, 3.05) is 33.7 Å². The van der Waals surface area contributed by atoms with E-state index in [0.717, 1.165) is 18.7 Å². The van der Waals surface area contributed by atoms with E-state index in [1.54, 1.807) is 19.0 Å². The maximum absolute atomic E-state index is 12.3. The summed E-state index contributed by atoms with van der Waals surface area (Å²) in [6.07, 6.45) is 0. The van der Waals surface area contributed by atoms with Crippen LogP contribution in [0.3, 0.4) is 0 Å². The van der Waals surface area contributed by atoms with Gasteiger partial charge in [0.25, 0.3) is 5.91 Å². The lowest BCUT2D eigenvalue weighted by Gasteiger charge is -2.32. The third kappa shape index (κ3) is 4.21. The van der Waals surface area contributed by atoms with Crippen LogP contribution in [0.1, 0.15) is 22.8 Å². The van der Waals surface area contributed by atoms with E-state index in [-0.39, 0.29) is 30.1 Å². The fourth-order valence-corrected chi connectivity index (χ4v) is 2.30. The van der Waals surface area contributed by atoms with Gasteiger partial charge >= 0.3 is 0 Å². The Labute approximate surface area is 138 Å². The van der Waals surface area contributed by atoms with Gasteiger partial charge in [-0.05, 0) is 24.6 Å². The minimum Gasteiger partial charge on any atom is -0.345 e. The molecule has 0 bridgehead atoms. The molecule has 1 aliphatic heterocycles. The highest BCUT2D eigenvalue weighted by Gasteiger charge is 2.28. The molecule has 0 aliphatic carbocycles. The van der Waals surface area contributed by atoms with E-state index in [2.05, 4.69) is 5.32 Å². The molecule has 0 unspecified atom stereocenters. The zero-order chi connectivity index (χ0) is 15.4. The van der Waals surface area contributed by atoms with Crippen molar-refractivity contribution in [2.45, 2.75) is 13.5 Å². The maximum Gasteiger partial charge on any atom is 0.253 e. The summed E-state index contributed by atoms with van der Waals surface area (Å²) < 4.78 is 0. The van der Waals surface area contributed by atoms with Crippen molar-refractivity contribution >= 4 is 24.2 Å². The van der Waals surface area contributed by atoms with Gasteiger partial charge in [-0.1, -0.05) is 12.1 Å². The van der Waals surface area contributed by atoms with E-state index in [0.29, 0.717) is 18.7 Å². The Morgan fingerprint density at radius 2 is 1.77 bits per heavy atom. The molecule has 0 atom stereocenters. The summed E-state index contributed by atoms with van der Waals surface area (Å²) in [4.78, 5) is 27.5. The molecule has 0 saturated carbocycles. The lowest BCUT2D eigenvalue weighted by atomic mass is 10.0. The SMILES string of the molecule is CCN(Cc1ccc(C(=O)N(C)C)cc1)C(=O)C1CNC1.Cl. The van der Waals surface area contributed by atoms with Crippen LogP contribution in [0.25, 0.3) is 0 Å². The van der Waals surface area contributed by atoms with Crippen LogP contribution in [0.15, 0.2) is 24.3 Å². The second-order valence-corrected chi connectivity index (χ2v) is 5.60. The van der Waals surface area contributed by atoms with Gasteiger partial charge in [-0.2, -0.15) is 0 Å². The Balaban J connectivity index is 0.00000242. The van der Waals surface area contributed by atoms with Gasteiger partial charge in [-0.3, -0.25) is 9.59 Å². The first-order valence-corrected chi connectivity index (χ1v) is 7.33. The summed E-state index contributed by atoms with van der Waals surface area (Å²) in [6.45, 7) is 4.86. The topological polar surface area (TPSA) is 52.7 Å². The van der Waals surface area contributed by atoms with Crippen LogP contribution in [0, 0.1) is 5.92 Å². The van der Waals surface area contributed by atoms with Gasteiger partial charge in [-0.25, -0.2) is 0 Å². The van der Waals surface area contributed by atoms with Crippen LogP contribution < -0.4 is 5.32 Å². The van der Waals surface area contributed by atoms with Crippen molar-refractivity contribution in [1.82, 2.24) is 15.1 Å². The number of halogens is 1. The Morgan fingerprint density at radius 1 is 1.18 bits per heavy atom. The van der Waals surface area contributed by atoms with Gasteiger partial charge in [0.2, 0.25) is 5.91 Å². The highest BCUT2D eigenvalue weighted by Crippen LogP contribution is 2.13. The number of nitrogens with zero attached hydrogens (tertiary/aromatic N) is 2. The third-order valence-corrected chi connectivity index (χ3v) is 3.80. The predicted octanol–water partition coefficient (Wildman–Crippen LogP) is 1.38. The minimum atomic E-state index is -0.00878. The fraction of sp³-hybridized carbons (Fsp3) is 0.500. The van der Waals surface area contributed by atoms with E-state index in [1.165, 1.54) is 0 Å². The summed E-state index contributed by atoms with van der Waals surface area (Å²) in [5, 5.41) is 3.13.